The first-order valence-electron chi connectivity index (χ1n) is 5.87. The summed E-state index contributed by atoms with van der Waals surface area (Å²) < 4.78 is 4.14. The topological polar surface area (TPSA) is 62.4 Å². The van der Waals surface area contributed by atoms with Crippen molar-refractivity contribution in [3.8, 4) is 6.26 Å². The average molecular weight is 226 g/mol. The number of hydrogen-bond donors (Lipinski definition) is 0. The van der Waals surface area contributed by atoms with Crippen LogP contribution in [0.15, 0.2) is 4.99 Å². The molecule has 0 spiro atoms. The number of carbonyl (C=O) groups excluding carboxylic acids is 1. The molecular formula is C12H22N2O2. The predicted octanol–water partition coefficient (Wildman–Crippen LogP) is 3.19. The van der Waals surface area contributed by atoms with E-state index in [1.807, 2.05) is 0 Å². The summed E-state index contributed by atoms with van der Waals surface area (Å²) in [7, 11) is 0. The van der Waals surface area contributed by atoms with Crippen molar-refractivity contribution in [2.24, 2.45) is 4.99 Å². The summed E-state index contributed by atoms with van der Waals surface area (Å²) in [5, 5.41) is 7.59. The molecule has 1 rings (SSSR count). The Morgan fingerprint density at radius 2 is 1.56 bits per heavy atom. The number of rotatable bonds is 2. The van der Waals surface area contributed by atoms with E-state index in [-0.39, 0.29) is 0 Å². The van der Waals surface area contributed by atoms with Gasteiger partial charge >= 0.3 is 0 Å². The maximum Gasteiger partial charge on any atom is 0.286 e. The Labute approximate surface area is 98.3 Å². The Kier molecular flexibility index (Phi) is 20.6. The molecule has 0 aliphatic heterocycles. The molecule has 1 fully saturated rings. The van der Waals surface area contributed by atoms with Gasteiger partial charge in [0.05, 0.1) is 6.61 Å². The monoisotopic (exact) mass is 226 g/mol. The van der Waals surface area contributed by atoms with E-state index in [9.17, 15) is 0 Å². The van der Waals surface area contributed by atoms with Crippen LogP contribution in [0.2, 0.25) is 0 Å². The highest BCUT2D eigenvalue weighted by atomic mass is 16.5. The molecule has 0 unspecified atom stereocenters. The first-order chi connectivity index (χ1) is 7.83. The van der Waals surface area contributed by atoms with E-state index < -0.39 is 0 Å². The Balaban J connectivity index is 0. The average Bonchev–Trinajstić information content (AvgIpc) is 2.35. The van der Waals surface area contributed by atoms with Gasteiger partial charge < -0.3 is 4.74 Å². The van der Waals surface area contributed by atoms with E-state index in [1.165, 1.54) is 50.9 Å². The molecule has 0 saturated heterocycles. The van der Waals surface area contributed by atoms with Crippen molar-refractivity contribution < 1.29 is 9.53 Å². The van der Waals surface area contributed by atoms with Gasteiger partial charge in [-0.2, -0.15) is 5.26 Å². The van der Waals surface area contributed by atoms with E-state index in [0.29, 0.717) is 13.2 Å². The number of ether oxygens (including phenoxy) is 1. The number of isocyanates is 1. The fourth-order valence-corrected chi connectivity index (χ4v) is 1.19. The van der Waals surface area contributed by atoms with Crippen molar-refractivity contribution in [2.75, 3.05) is 13.2 Å². The van der Waals surface area contributed by atoms with Crippen molar-refractivity contribution in [2.45, 2.75) is 52.4 Å². The molecule has 0 aromatic rings. The van der Waals surface area contributed by atoms with Crippen LogP contribution in [0.4, 0.5) is 0 Å². The quantitative estimate of drug-likeness (QED) is 0.412. The third kappa shape index (κ3) is 23.0. The Morgan fingerprint density at radius 3 is 1.62 bits per heavy atom. The fourth-order valence-electron chi connectivity index (χ4n) is 1.19. The second-order valence-electron chi connectivity index (χ2n) is 3.21. The lowest BCUT2D eigenvalue weighted by atomic mass is 10.0. The van der Waals surface area contributed by atoms with Gasteiger partial charge in [0.2, 0.25) is 6.08 Å². The van der Waals surface area contributed by atoms with E-state index in [1.54, 1.807) is 13.8 Å². The Morgan fingerprint density at radius 1 is 1.12 bits per heavy atom. The largest absolute Gasteiger partial charge is 0.428 e. The molecule has 0 amide bonds. The lowest BCUT2D eigenvalue weighted by Crippen LogP contribution is -1.85. The maximum atomic E-state index is 9.11. The summed E-state index contributed by atoms with van der Waals surface area (Å²) in [5.74, 6) is 0. The van der Waals surface area contributed by atoms with Gasteiger partial charge in [0.25, 0.3) is 6.26 Å². The van der Waals surface area contributed by atoms with Crippen molar-refractivity contribution >= 4 is 6.08 Å². The highest BCUT2D eigenvalue weighted by molar-refractivity contribution is 5.32. The summed E-state index contributed by atoms with van der Waals surface area (Å²) in [4.78, 5) is 12.3. The summed E-state index contributed by atoms with van der Waals surface area (Å²) in [5.41, 5.74) is 0. The highest BCUT2D eigenvalue weighted by Gasteiger charge is 1.95. The summed E-state index contributed by atoms with van der Waals surface area (Å²) in [6.45, 7) is 4.58. The zero-order chi connectivity index (χ0) is 12.5. The van der Waals surface area contributed by atoms with Crippen LogP contribution in [0.1, 0.15) is 52.4 Å². The molecule has 0 aromatic heterocycles. The first-order valence-corrected chi connectivity index (χ1v) is 5.87. The smallest absolute Gasteiger partial charge is 0.286 e. The summed E-state index contributed by atoms with van der Waals surface area (Å²) in [6, 6.07) is 0. The molecule has 1 saturated carbocycles. The van der Waals surface area contributed by atoms with Gasteiger partial charge in [-0.25, -0.2) is 9.79 Å². The van der Waals surface area contributed by atoms with Crippen LogP contribution in [0.3, 0.4) is 0 Å². The van der Waals surface area contributed by atoms with Gasteiger partial charge in [0, 0.05) is 6.54 Å². The molecule has 0 radical (unpaired) electrons. The van der Waals surface area contributed by atoms with E-state index in [2.05, 4.69) is 9.73 Å². The van der Waals surface area contributed by atoms with Gasteiger partial charge in [0.15, 0.2) is 0 Å². The van der Waals surface area contributed by atoms with Crippen LogP contribution in [0.25, 0.3) is 0 Å². The molecule has 0 heterocycles. The highest BCUT2D eigenvalue weighted by Crippen LogP contribution is 2.15. The minimum absolute atomic E-state index is 0.483. The lowest BCUT2D eigenvalue weighted by Gasteiger charge is -2.05. The zero-order valence-corrected chi connectivity index (χ0v) is 10.4. The fraction of sp³-hybridized carbons (Fsp3) is 0.833. The van der Waals surface area contributed by atoms with E-state index in [4.69, 9.17) is 10.1 Å². The molecule has 0 aromatic carbocycles. The number of hydrogen-bond acceptors (Lipinski definition) is 4. The molecule has 4 heteroatoms. The standard InChI is InChI=1S/C6H12.2C3H5NO/c1-2-4-6-5-3-1;1-2-5-3-4;1-2-4-3-5/h1-6H2;2*2H2,1H3. The second kappa shape index (κ2) is 19.3. The summed E-state index contributed by atoms with van der Waals surface area (Å²) >= 11 is 0. The zero-order valence-electron chi connectivity index (χ0n) is 10.4. The van der Waals surface area contributed by atoms with Crippen molar-refractivity contribution in [1.82, 2.24) is 0 Å². The lowest BCUT2D eigenvalue weighted by molar-refractivity contribution is 0.291. The molecule has 92 valence electrons. The van der Waals surface area contributed by atoms with Gasteiger partial charge in [-0.1, -0.05) is 38.5 Å². The number of aliphatic imine (C=N–C) groups is 1. The molecule has 1 aliphatic carbocycles. The Bertz CT molecular complexity index is 190. The molecule has 16 heavy (non-hydrogen) atoms. The third-order valence-electron chi connectivity index (χ3n) is 1.93. The van der Waals surface area contributed by atoms with Crippen LogP contribution >= 0.6 is 0 Å². The molecule has 4 nitrogen and oxygen atoms in total. The van der Waals surface area contributed by atoms with Crippen molar-refractivity contribution in [3.05, 3.63) is 0 Å². The van der Waals surface area contributed by atoms with Crippen molar-refractivity contribution in [3.63, 3.8) is 0 Å². The number of nitrogens with zero attached hydrogens (tertiary/aromatic N) is 2. The van der Waals surface area contributed by atoms with Gasteiger partial charge in [-0.3, -0.25) is 0 Å². The Hall–Kier alpha value is -1.33. The molecule has 0 atom stereocenters. The normalized spacial score (nSPS) is 12.6. The molecule has 0 bridgehead atoms. The third-order valence-corrected chi connectivity index (χ3v) is 1.93. The SMILES string of the molecule is C1CCCCC1.CCN=C=O.CCOC#N. The van der Waals surface area contributed by atoms with Crippen LogP contribution in [0, 0.1) is 11.5 Å². The van der Waals surface area contributed by atoms with E-state index in [0.717, 1.165) is 0 Å². The first kappa shape index (κ1) is 17.1. The minimum Gasteiger partial charge on any atom is -0.428 e. The van der Waals surface area contributed by atoms with Gasteiger partial charge in [0.1, 0.15) is 0 Å². The van der Waals surface area contributed by atoms with Gasteiger partial charge in [-0.15, -0.1) is 0 Å². The van der Waals surface area contributed by atoms with E-state index >= 15 is 0 Å². The van der Waals surface area contributed by atoms with Crippen LogP contribution in [-0.4, -0.2) is 19.2 Å². The maximum absolute atomic E-state index is 9.11. The van der Waals surface area contributed by atoms with Crippen LogP contribution in [-0.2, 0) is 9.53 Å². The minimum atomic E-state index is 0.483. The predicted molar refractivity (Wildman–Crippen MR) is 63.6 cm³/mol. The van der Waals surface area contributed by atoms with Crippen molar-refractivity contribution in [1.29, 1.82) is 5.26 Å². The molecule has 0 N–H and O–H groups in total. The number of nitriles is 1. The summed E-state index contributed by atoms with van der Waals surface area (Å²) in [6.07, 6.45) is 11.9. The van der Waals surface area contributed by atoms with Gasteiger partial charge in [-0.05, 0) is 13.8 Å². The molecular weight excluding hydrogens is 204 g/mol. The van der Waals surface area contributed by atoms with Crippen LogP contribution < -0.4 is 0 Å². The molecule has 1 aliphatic rings. The van der Waals surface area contributed by atoms with Crippen LogP contribution in [0.5, 0.6) is 0 Å². The second-order valence-corrected chi connectivity index (χ2v) is 3.21.